The van der Waals surface area contributed by atoms with Crippen molar-refractivity contribution in [2.75, 3.05) is 16.8 Å². The normalized spacial score (nSPS) is 13.3. The molecule has 0 fully saturated rings. The van der Waals surface area contributed by atoms with Crippen molar-refractivity contribution in [3.8, 4) is 11.5 Å². The largest absolute Gasteiger partial charge is 0.462 e. The highest BCUT2D eigenvalue weighted by molar-refractivity contribution is 6.53. The van der Waals surface area contributed by atoms with E-state index >= 15 is 0 Å². The predicted molar refractivity (Wildman–Crippen MR) is 129 cm³/mol. The van der Waals surface area contributed by atoms with E-state index in [-0.39, 0.29) is 10.7 Å². The Morgan fingerprint density at radius 3 is 2.18 bits per heavy atom. The van der Waals surface area contributed by atoms with Crippen molar-refractivity contribution < 1.29 is 23.9 Å². The number of nitrogens with one attached hydrogen (secondary N) is 1. The first-order valence-electron chi connectivity index (χ1n) is 10.6. The van der Waals surface area contributed by atoms with Crippen LogP contribution >= 0.6 is 11.6 Å². The number of rotatable bonds is 8. The number of amides is 2. The minimum absolute atomic E-state index is 0.0326. The van der Waals surface area contributed by atoms with Crippen LogP contribution in [0.5, 0.6) is 11.5 Å². The van der Waals surface area contributed by atoms with Gasteiger partial charge in [0.05, 0.1) is 17.9 Å². The van der Waals surface area contributed by atoms with Gasteiger partial charge in [0.25, 0.3) is 11.8 Å². The van der Waals surface area contributed by atoms with Crippen LogP contribution in [0, 0.1) is 0 Å². The van der Waals surface area contributed by atoms with E-state index < -0.39 is 17.8 Å². The van der Waals surface area contributed by atoms with Gasteiger partial charge in [0.1, 0.15) is 22.2 Å². The van der Waals surface area contributed by atoms with E-state index in [2.05, 4.69) is 5.32 Å². The maximum atomic E-state index is 13.0. The van der Waals surface area contributed by atoms with Crippen LogP contribution in [0.1, 0.15) is 23.7 Å². The molecule has 0 unspecified atom stereocenters. The maximum absolute atomic E-state index is 13.0. The standard InChI is InChI=1S/C26H21ClN2O5/c1-2-16-33-26(32)17-8-12-19(13-9-17)29-24(30)22(27)23(25(29)31)28-18-10-14-21(15-11-18)34-20-6-4-3-5-7-20/h3-15,28H,2,16H2,1H3. The molecule has 1 N–H and O–H groups in total. The Morgan fingerprint density at radius 2 is 1.53 bits per heavy atom. The van der Waals surface area contributed by atoms with Crippen LogP contribution in [-0.2, 0) is 14.3 Å². The van der Waals surface area contributed by atoms with Crippen molar-refractivity contribution >= 4 is 40.8 Å². The fourth-order valence-electron chi connectivity index (χ4n) is 3.25. The summed E-state index contributed by atoms with van der Waals surface area (Å²) in [6, 6.07) is 22.2. The number of anilines is 2. The van der Waals surface area contributed by atoms with Crippen molar-refractivity contribution in [3.05, 3.63) is 95.2 Å². The van der Waals surface area contributed by atoms with Gasteiger partial charge in [-0.05, 0) is 67.1 Å². The molecule has 8 heteroatoms. The molecule has 34 heavy (non-hydrogen) atoms. The Bertz CT molecular complexity index is 1240. The van der Waals surface area contributed by atoms with Gasteiger partial charge in [-0.1, -0.05) is 36.7 Å². The summed E-state index contributed by atoms with van der Waals surface area (Å²) in [6.07, 6.45) is 0.712. The van der Waals surface area contributed by atoms with E-state index in [0.717, 1.165) is 4.90 Å². The molecule has 1 aliphatic heterocycles. The van der Waals surface area contributed by atoms with Crippen LogP contribution in [0.25, 0.3) is 0 Å². The van der Waals surface area contributed by atoms with Gasteiger partial charge >= 0.3 is 5.97 Å². The van der Waals surface area contributed by atoms with Gasteiger partial charge in [0.2, 0.25) is 0 Å². The monoisotopic (exact) mass is 476 g/mol. The van der Waals surface area contributed by atoms with Gasteiger partial charge in [-0.2, -0.15) is 0 Å². The molecule has 0 atom stereocenters. The third kappa shape index (κ3) is 4.94. The van der Waals surface area contributed by atoms with Crippen molar-refractivity contribution in [2.45, 2.75) is 13.3 Å². The summed E-state index contributed by atoms with van der Waals surface area (Å²) in [6.45, 7) is 2.22. The molecule has 0 aliphatic carbocycles. The number of para-hydroxylation sites is 1. The smallest absolute Gasteiger partial charge is 0.338 e. The van der Waals surface area contributed by atoms with Gasteiger partial charge < -0.3 is 14.8 Å². The molecule has 0 saturated carbocycles. The van der Waals surface area contributed by atoms with E-state index in [4.69, 9.17) is 21.1 Å². The molecule has 172 valence electrons. The fraction of sp³-hybridized carbons (Fsp3) is 0.115. The highest BCUT2D eigenvalue weighted by Crippen LogP contribution is 2.31. The number of benzene rings is 3. The first kappa shape index (κ1) is 23.1. The fourth-order valence-corrected chi connectivity index (χ4v) is 3.46. The van der Waals surface area contributed by atoms with E-state index in [1.54, 1.807) is 24.3 Å². The Morgan fingerprint density at radius 1 is 0.882 bits per heavy atom. The molecule has 2 amide bonds. The summed E-state index contributed by atoms with van der Waals surface area (Å²) >= 11 is 6.20. The molecule has 4 rings (SSSR count). The second-order valence-electron chi connectivity index (χ2n) is 7.38. The highest BCUT2D eigenvalue weighted by Gasteiger charge is 2.39. The zero-order chi connectivity index (χ0) is 24.1. The average molecular weight is 477 g/mol. The maximum Gasteiger partial charge on any atom is 0.338 e. The summed E-state index contributed by atoms with van der Waals surface area (Å²) in [5.74, 6) is -0.401. The Kier molecular flexibility index (Phi) is 6.94. The molecule has 1 heterocycles. The molecule has 0 bridgehead atoms. The number of ether oxygens (including phenoxy) is 2. The first-order chi connectivity index (χ1) is 16.5. The van der Waals surface area contributed by atoms with Crippen LogP contribution in [0.3, 0.4) is 0 Å². The van der Waals surface area contributed by atoms with Crippen molar-refractivity contribution in [1.82, 2.24) is 0 Å². The van der Waals surface area contributed by atoms with E-state index in [1.807, 2.05) is 37.3 Å². The number of esters is 1. The quantitative estimate of drug-likeness (QED) is 0.342. The van der Waals surface area contributed by atoms with Crippen LogP contribution in [0.4, 0.5) is 11.4 Å². The lowest BCUT2D eigenvalue weighted by Crippen LogP contribution is -2.32. The van der Waals surface area contributed by atoms with Gasteiger partial charge in [-0.3, -0.25) is 9.59 Å². The molecular weight excluding hydrogens is 456 g/mol. The van der Waals surface area contributed by atoms with Crippen LogP contribution in [-0.4, -0.2) is 24.4 Å². The molecule has 0 spiro atoms. The SMILES string of the molecule is CCCOC(=O)c1ccc(N2C(=O)C(Cl)=C(Nc3ccc(Oc4ccccc4)cc3)C2=O)cc1. The number of nitrogens with zero attached hydrogens (tertiary/aromatic N) is 1. The number of imide groups is 1. The van der Waals surface area contributed by atoms with Gasteiger partial charge in [0.15, 0.2) is 0 Å². The lowest BCUT2D eigenvalue weighted by atomic mass is 10.2. The number of carbonyl (C=O) groups is 3. The summed E-state index contributed by atoms with van der Waals surface area (Å²) in [4.78, 5) is 38.6. The van der Waals surface area contributed by atoms with Gasteiger partial charge in [-0.25, -0.2) is 9.69 Å². The Balaban J connectivity index is 1.45. The Labute approximate surface area is 201 Å². The minimum Gasteiger partial charge on any atom is -0.462 e. The number of halogens is 1. The van der Waals surface area contributed by atoms with Crippen molar-refractivity contribution in [1.29, 1.82) is 0 Å². The first-order valence-corrected chi connectivity index (χ1v) is 11.0. The molecule has 3 aromatic rings. The Hall–Kier alpha value is -4.10. The van der Waals surface area contributed by atoms with Gasteiger partial charge in [0, 0.05) is 5.69 Å². The number of hydrogen-bond acceptors (Lipinski definition) is 6. The van der Waals surface area contributed by atoms with E-state index in [0.29, 0.717) is 41.5 Å². The average Bonchev–Trinajstić information content (AvgIpc) is 3.07. The zero-order valence-corrected chi connectivity index (χ0v) is 19.0. The molecule has 7 nitrogen and oxygen atoms in total. The summed E-state index contributed by atoms with van der Waals surface area (Å²) in [5, 5.41) is 2.70. The van der Waals surface area contributed by atoms with E-state index in [1.165, 1.54) is 24.3 Å². The summed E-state index contributed by atoms with van der Waals surface area (Å²) < 4.78 is 10.8. The topological polar surface area (TPSA) is 84.9 Å². The minimum atomic E-state index is -0.653. The second kappa shape index (κ2) is 10.2. The van der Waals surface area contributed by atoms with Crippen LogP contribution < -0.4 is 15.0 Å². The highest BCUT2D eigenvalue weighted by atomic mass is 35.5. The van der Waals surface area contributed by atoms with Crippen molar-refractivity contribution in [2.24, 2.45) is 0 Å². The molecule has 1 aliphatic rings. The molecule has 0 aromatic heterocycles. The number of carbonyl (C=O) groups excluding carboxylic acids is 3. The van der Waals surface area contributed by atoms with Crippen LogP contribution in [0.15, 0.2) is 89.6 Å². The zero-order valence-electron chi connectivity index (χ0n) is 18.3. The molecular formula is C26H21ClN2O5. The van der Waals surface area contributed by atoms with Crippen LogP contribution in [0.2, 0.25) is 0 Å². The third-order valence-electron chi connectivity index (χ3n) is 4.93. The predicted octanol–water partition coefficient (Wildman–Crippen LogP) is 5.48. The van der Waals surface area contributed by atoms with Crippen molar-refractivity contribution in [3.63, 3.8) is 0 Å². The third-order valence-corrected chi connectivity index (χ3v) is 5.28. The molecule has 3 aromatic carbocycles. The van der Waals surface area contributed by atoms with Gasteiger partial charge in [-0.15, -0.1) is 0 Å². The molecule has 0 radical (unpaired) electrons. The summed E-state index contributed by atoms with van der Waals surface area (Å²) in [5.41, 5.74) is 1.15. The summed E-state index contributed by atoms with van der Waals surface area (Å²) in [7, 11) is 0. The molecule has 0 saturated heterocycles. The second-order valence-corrected chi connectivity index (χ2v) is 7.76. The lowest BCUT2D eigenvalue weighted by Gasteiger charge is -2.15. The lowest BCUT2D eigenvalue weighted by molar-refractivity contribution is -0.120. The van der Waals surface area contributed by atoms with E-state index in [9.17, 15) is 14.4 Å². The number of hydrogen-bond donors (Lipinski definition) is 1.